The summed E-state index contributed by atoms with van der Waals surface area (Å²) in [6.45, 7) is 8.40. The van der Waals surface area contributed by atoms with E-state index in [1.807, 2.05) is 43.3 Å². The van der Waals surface area contributed by atoms with Crippen LogP contribution in [0, 0.1) is 10.5 Å². The predicted molar refractivity (Wildman–Crippen MR) is 147 cm³/mol. The smallest absolute Gasteiger partial charge is 0.257 e. The van der Waals surface area contributed by atoms with Crippen molar-refractivity contribution in [1.82, 2.24) is 5.32 Å². The molecule has 33 heavy (non-hydrogen) atoms. The Labute approximate surface area is 213 Å². The van der Waals surface area contributed by atoms with Crippen molar-refractivity contribution in [3.63, 3.8) is 0 Å². The Morgan fingerprint density at radius 3 is 1.88 bits per heavy atom. The lowest BCUT2D eigenvalue weighted by Crippen LogP contribution is -2.34. The van der Waals surface area contributed by atoms with Crippen molar-refractivity contribution in [2.24, 2.45) is 0 Å². The number of aryl methyl sites for hydroxylation is 1. The van der Waals surface area contributed by atoms with Gasteiger partial charge in [0.1, 0.15) is 0 Å². The first-order valence-electron chi connectivity index (χ1n) is 10.4. The molecule has 3 aromatic rings. The highest BCUT2D eigenvalue weighted by Gasteiger charge is 2.14. The molecule has 7 heteroatoms. The monoisotopic (exact) mass is 571 g/mol. The molecule has 0 saturated heterocycles. The van der Waals surface area contributed by atoms with Gasteiger partial charge < -0.3 is 10.6 Å². The minimum absolute atomic E-state index is 0.0383. The molecule has 3 rings (SSSR count). The largest absolute Gasteiger partial charge is 0.332 e. The minimum atomic E-state index is -0.272. The second-order valence-electron chi connectivity index (χ2n) is 8.73. The molecular weight excluding hydrogens is 545 g/mol. The number of carbonyl (C=O) groups excluding carboxylic acids is 2. The number of hydrogen-bond donors (Lipinski definition) is 3. The maximum absolute atomic E-state index is 12.5. The number of amides is 2. The SMILES string of the molecule is Cc1ccc(C(=O)NC(=S)Nc2ccc(NC(=O)c3ccc(C(C)(C)C)cc3)cc2)cc1I. The predicted octanol–water partition coefficient (Wildman–Crippen LogP) is 6.28. The number of anilines is 2. The van der Waals surface area contributed by atoms with Crippen molar-refractivity contribution >= 4 is 63.1 Å². The quantitative estimate of drug-likeness (QED) is 0.255. The summed E-state index contributed by atoms with van der Waals surface area (Å²) in [5, 5.41) is 8.76. The summed E-state index contributed by atoms with van der Waals surface area (Å²) in [6.07, 6.45) is 0. The van der Waals surface area contributed by atoms with Crippen LogP contribution >= 0.6 is 34.8 Å². The van der Waals surface area contributed by atoms with E-state index < -0.39 is 0 Å². The molecule has 0 atom stereocenters. The molecule has 0 aliphatic rings. The molecule has 0 bridgehead atoms. The van der Waals surface area contributed by atoms with E-state index in [1.165, 1.54) is 5.56 Å². The summed E-state index contributed by atoms with van der Waals surface area (Å²) in [4.78, 5) is 24.9. The molecule has 0 aliphatic heterocycles. The zero-order chi connectivity index (χ0) is 24.2. The van der Waals surface area contributed by atoms with Gasteiger partial charge in [-0.1, -0.05) is 39.0 Å². The summed E-state index contributed by atoms with van der Waals surface area (Å²) in [7, 11) is 0. The van der Waals surface area contributed by atoms with Crippen LogP contribution in [0.1, 0.15) is 52.6 Å². The molecule has 0 unspecified atom stereocenters. The maximum Gasteiger partial charge on any atom is 0.257 e. The average molecular weight is 571 g/mol. The number of thiocarbonyl (C=S) groups is 1. The lowest BCUT2D eigenvalue weighted by Gasteiger charge is -2.19. The third-order valence-electron chi connectivity index (χ3n) is 5.07. The van der Waals surface area contributed by atoms with Gasteiger partial charge in [0.15, 0.2) is 5.11 Å². The second kappa shape index (κ2) is 10.4. The van der Waals surface area contributed by atoms with Gasteiger partial charge in [0.05, 0.1) is 0 Å². The van der Waals surface area contributed by atoms with Crippen LogP contribution in [0.15, 0.2) is 66.7 Å². The Morgan fingerprint density at radius 2 is 1.33 bits per heavy atom. The van der Waals surface area contributed by atoms with Crippen molar-refractivity contribution in [3.8, 4) is 0 Å². The van der Waals surface area contributed by atoms with Crippen LogP contribution in [0.4, 0.5) is 11.4 Å². The molecule has 0 saturated carbocycles. The lowest BCUT2D eigenvalue weighted by molar-refractivity contribution is 0.0976. The zero-order valence-corrected chi connectivity index (χ0v) is 21.9. The van der Waals surface area contributed by atoms with Gasteiger partial charge >= 0.3 is 0 Å². The summed E-state index contributed by atoms with van der Waals surface area (Å²) >= 11 is 7.46. The van der Waals surface area contributed by atoms with Crippen molar-refractivity contribution in [2.75, 3.05) is 10.6 Å². The Hall–Kier alpha value is -2.78. The molecule has 0 fully saturated rings. The van der Waals surface area contributed by atoms with E-state index in [-0.39, 0.29) is 22.3 Å². The van der Waals surface area contributed by atoms with Crippen LogP contribution in [0.5, 0.6) is 0 Å². The van der Waals surface area contributed by atoms with Crippen LogP contribution in [-0.4, -0.2) is 16.9 Å². The molecule has 0 radical (unpaired) electrons. The first kappa shape index (κ1) is 24.9. The van der Waals surface area contributed by atoms with Crippen molar-refractivity contribution in [1.29, 1.82) is 0 Å². The lowest BCUT2D eigenvalue weighted by atomic mass is 9.87. The maximum atomic E-state index is 12.5. The Kier molecular flexibility index (Phi) is 7.86. The molecule has 3 aromatic carbocycles. The average Bonchev–Trinajstić information content (AvgIpc) is 2.76. The van der Waals surface area contributed by atoms with Crippen LogP contribution < -0.4 is 16.0 Å². The van der Waals surface area contributed by atoms with Gasteiger partial charge in [0.2, 0.25) is 0 Å². The van der Waals surface area contributed by atoms with Gasteiger partial charge in [-0.25, -0.2) is 0 Å². The van der Waals surface area contributed by atoms with Gasteiger partial charge in [0.25, 0.3) is 11.8 Å². The third-order valence-corrected chi connectivity index (χ3v) is 6.44. The van der Waals surface area contributed by atoms with Crippen LogP contribution in [-0.2, 0) is 5.41 Å². The Balaban J connectivity index is 1.56. The summed E-state index contributed by atoms with van der Waals surface area (Å²) in [5.74, 6) is -0.446. The number of hydrogen-bond acceptors (Lipinski definition) is 3. The van der Waals surface area contributed by atoms with Crippen molar-refractivity contribution in [2.45, 2.75) is 33.1 Å². The van der Waals surface area contributed by atoms with Crippen LogP contribution in [0.25, 0.3) is 0 Å². The standard InChI is InChI=1S/C26H26IN3O2S/c1-16-5-6-18(15-22(16)27)24(32)30-25(33)29-21-13-11-20(12-14-21)28-23(31)17-7-9-19(10-8-17)26(2,3)4/h5-15H,1-4H3,(H,28,31)(H2,29,30,32,33). The zero-order valence-electron chi connectivity index (χ0n) is 19.0. The second-order valence-corrected chi connectivity index (χ2v) is 10.3. The van der Waals surface area contributed by atoms with Gasteiger partial charge in [-0.05, 0) is 107 Å². The molecule has 0 spiro atoms. The molecule has 0 aromatic heterocycles. The molecule has 3 N–H and O–H groups in total. The van der Waals surface area contributed by atoms with Crippen LogP contribution in [0.3, 0.4) is 0 Å². The van der Waals surface area contributed by atoms with E-state index in [4.69, 9.17) is 12.2 Å². The van der Waals surface area contributed by atoms with E-state index >= 15 is 0 Å². The minimum Gasteiger partial charge on any atom is -0.332 e. The fourth-order valence-corrected chi connectivity index (χ4v) is 3.76. The third kappa shape index (κ3) is 6.85. The number of benzene rings is 3. The molecule has 170 valence electrons. The van der Waals surface area contributed by atoms with E-state index in [0.29, 0.717) is 22.5 Å². The van der Waals surface area contributed by atoms with Crippen molar-refractivity contribution in [3.05, 3.63) is 92.6 Å². The topological polar surface area (TPSA) is 70.2 Å². The van der Waals surface area contributed by atoms with Gasteiger partial charge in [-0.2, -0.15) is 0 Å². The highest BCUT2D eigenvalue weighted by atomic mass is 127. The normalized spacial score (nSPS) is 10.9. The molecule has 0 aliphatic carbocycles. The van der Waals surface area contributed by atoms with Gasteiger partial charge in [-0.15, -0.1) is 0 Å². The van der Waals surface area contributed by atoms with E-state index in [2.05, 4.69) is 59.3 Å². The fraction of sp³-hybridized carbons (Fsp3) is 0.192. The molecular formula is C26H26IN3O2S. The fourth-order valence-electron chi connectivity index (χ4n) is 3.03. The van der Waals surface area contributed by atoms with Crippen molar-refractivity contribution < 1.29 is 9.59 Å². The number of halogens is 1. The van der Waals surface area contributed by atoms with E-state index in [1.54, 1.807) is 30.3 Å². The molecule has 0 heterocycles. The summed E-state index contributed by atoms with van der Waals surface area (Å²) in [6, 6.07) is 20.2. The first-order valence-corrected chi connectivity index (χ1v) is 11.9. The highest BCUT2D eigenvalue weighted by molar-refractivity contribution is 14.1. The molecule has 5 nitrogen and oxygen atoms in total. The summed E-state index contributed by atoms with van der Waals surface area (Å²) < 4.78 is 1.02. The van der Waals surface area contributed by atoms with Gasteiger partial charge in [0, 0.05) is 26.1 Å². The Morgan fingerprint density at radius 1 is 0.788 bits per heavy atom. The number of carbonyl (C=O) groups is 2. The van der Waals surface area contributed by atoms with E-state index in [0.717, 1.165) is 9.13 Å². The summed E-state index contributed by atoms with van der Waals surface area (Å²) in [5.41, 5.74) is 4.83. The highest BCUT2D eigenvalue weighted by Crippen LogP contribution is 2.22. The number of nitrogens with one attached hydrogen (secondary N) is 3. The first-order chi connectivity index (χ1) is 15.5. The molecule has 2 amide bonds. The van der Waals surface area contributed by atoms with Crippen LogP contribution in [0.2, 0.25) is 0 Å². The van der Waals surface area contributed by atoms with E-state index in [9.17, 15) is 9.59 Å². The van der Waals surface area contributed by atoms with Gasteiger partial charge in [-0.3, -0.25) is 14.9 Å². The Bertz CT molecular complexity index is 1180. The number of rotatable bonds is 4.